The third-order valence-corrected chi connectivity index (χ3v) is 5.54. The highest BCUT2D eigenvalue weighted by atomic mass is 16.2. The summed E-state index contributed by atoms with van der Waals surface area (Å²) in [6.45, 7) is 3.92. The smallest absolute Gasteiger partial charge is 0.223 e. The monoisotopic (exact) mass is 311 g/mol. The predicted octanol–water partition coefficient (Wildman–Crippen LogP) is 3.70. The molecule has 0 bridgehead atoms. The Kier molecular flexibility index (Phi) is 3.83. The average Bonchev–Trinajstić information content (AvgIpc) is 3.15. The largest absolute Gasteiger partial charge is 0.339 e. The molecule has 2 fully saturated rings. The van der Waals surface area contributed by atoms with Gasteiger partial charge in [-0.1, -0.05) is 31.4 Å². The molecule has 1 saturated carbocycles. The molecular formula is C19H25N3O. The summed E-state index contributed by atoms with van der Waals surface area (Å²) in [7, 11) is 0. The molecule has 1 aromatic heterocycles. The maximum atomic E-state index is 12.6. The Morgan fingerprint density at radius 3 is 2.74 bits per heavy atom. The zero-order valence-corrected chi connectivity index (χ0v) is 13.9. The van der Waals surface area contributed by atoms with Crippen molar-refractivity contribution < 1.29 is 4.79 Å². The summed E-state index contributed by atoms with van der Waals surface area (Å²) in [5, 5.41) is 0. The highest BCUT2D eigenvalue weighted by Crippen LogP contribution is 2.34. The van der Waals surface area contributed by atoms with Crippen molar-refractivity contribution >= 4 is 16.9 Å². The van der Waals surface area contributed by atoms with Crippen molar-refractivity contribution in [2.45, 2.75) is 64.0 Å². The minimum absolute atomic E-state index is 0.247. The average molecular weight is 311 g/mol. The van der Waals surface area contributed by atoms with Gasteiger partial charge in [-0.05, 0) is 31.9 Å². The third-order valence-electron chi connectivity index (χ3n) is 5.54. The van der Waals surface area contributed by atoms with Crippen molar-refractivity contribution in [3.8, 4) is 0 Å². The van der Waals surface area contributed by atoms with Crippen LogP contribution in [-0.4, -0.2) is 32.9 Å². The van der Waals surface area contributed by atoms with E-state index in [1.165, 1.54) is 37.6 Å². The first-order valence-corrected chi connectivity index (χ1v) is 9.02. The molecule has 0 radical (unpaired) electrons. The van der Waals surface area contributed by atoms with E-state index in [1.54, 1.807) is 0 Å². The van der Waals surface area contributed by atoms with Gasteiger partial charge in [0.1, 0.15) is 5.82 Å². The van der Waals surface area contributed by atoms with Crippen LogP contribution in [0.1, 0.15) is 57.2 Å². The summed E-state index contributed by atoms with van der Waals surface area (Å²) >= 11 is 0. The Labute approximate surface area is 137 Å². The van der Waals surface area contributed by atoms with Crippen LogP contribution in [0, 0.1) is 0 Å². The topological polar surface area (TPSA) is 38.1 Å². The van der Waals surface area contributed by atoms with E-state index in [0.717, 1.165) is 24.4 Å². The molecule has 2 heterocycles. The van der Waals surface area contributed by atoms with Gasteiger partial charge >= 0.3 is 0 Å². The van der Waals surface area contributed by atoms with Gasteiger partial charge in [0, 0.05) is 31.5 Å². The minimum Gasteiger partial charge on any atom is -0.339 e. The molecule has 1 amide bonds. The van der Waals surface area contributed by atoms with Gasteiger partial charge in [-0.15, -0.1) is 0 Å². The lowest BCUT2D eigenvalue weighted by Crippen LogP contribution is -2.37. The Balaban J connectivity index is 1.63. The Morgan fingerprint density at radius 1 is 1.17 bits per heavy atom. The zero-order chi connectivity index (χ0) is 15.8. The molecule has 1 saturated heterocycles. The van der Waals surface area contributed by atoms with Crippen molar-refractivity contribution in [1.82, 2.24) is 14.5 Å². The molecule has 4 nitrogen and oxygen atoms in total. The van der Waals surface area contributed by atoms with Gasteiger partial charge in [0.25, 0.3) is 0 Å². The number of carbonyl (C=O) groups excluding carboxylic acids is 1. The molecule has 1 atom stereocenters. The fraction of sp³-hybridized carbons (Fsp3) is 0.579. The molecule has 0 spiro atoms. The third kappa shape index (κ3) is 2.54. The number of para-hydroxylation sites is 2. The number of likely N-dealkylation sites (tertiary alicyclic amines) is 1. The summed E-state index contributed by atoms with van der Waals surface area (Å²) in [6, 6.07) is 8.77. The number of fused-ring (bicyclic) bond motifs is 1. The van der Waals surface area contributed by atoms with E-state index >= 15 is 0 Å². The fourth-order valence-corrected chi connectivity index (χ4v) is 4.39. The number of benzene rings is 1. The van der Waals surface area contributed by atoms with Crippen molar-refractivity contribution in [2.75, 3.05) is 6.54 Å². The van der Waals surface area contributed by atoms with Gasteiger partial charge in [0.05, 0.1) is 11.0 Å². The van der Waals surface area contributed by atoms with Crippen LogP contribution in [-0.2, 0) is 11.3 Å². The summed E-state index contributed by atoms with van der Waals surface area (Å²) in [4.78, 5) is 19.6. The fourth-order valence-electron chi connectivity index (χ4n) is 4.39. The second-order valence-corrected chi connectivity index (χ2v) is 6.94. The number of hydrogen-bond acceptors (Lipinski definition) is 2. The minimum atomic E-state index is 0.247. The number of aromatic nitrogens is 2. The van der Waals surface area contributed by atoms with Crippen LogP contribution in [0.2, 0.25) is 0 Å². The highest BCUT2D eigenvalue weighted by molar-refractivity contribution is 5.81. The van der Waals surface area contributed by atoms with E-state index < -0.39 is 0 Å². The molecule has 0 N–H and O–H groups in total. The molecule has 1 aliphatic carbocycles. The highest BCUT2D eigenvalue weighted by Gasteiger charge is 2.37. The maximum Gasteiger partial charge on any atom is 0.223 e. The molecule has 2 aliphatic rings. The molecule has 4 heteroatoms. The molecule has 1 aliphatic heterocycles. The number of carbonyl (C=O) groups is 1. The van der Waals surface area contributed by atoms with E-state index in [9.17, 15) is 4.79 Å². The molecule has 4 rings (SSSR count). The van der Waals surface area contributed by atoms with Crippen LogP contribution in [0.3, 0.4) is 0 Å². The molecule has 1 unspecified atom stereocenters. The number of aryl methyl sites for hydroxylation is 1. The molecule has 122 valence electrons. The van der Waals surface area contributed by atoms with E-state index in [0.29, 0.717) is 18.4 Å². The number of hydrogen-bond donors (Lipinski definition) is 0. The lowest BCUT2D eigenvalue weighted by atomic mass is 9.94. The second kappa shape index (κ2) is 5.99. The van der Waals surface area contributed by atoms with Crippen molar-refractivity contribution in [2.24, 2.45) is 0 Å². The van der Waals surface area contributed by atoms with Crippen molar-refractivity contribution in [3.05, 3.63) is 30.1 Å². The number of amides is 1. The van der Waals surface area contributed by atoms with E-state index in [4.69, 9.17) is 4.98 Å². The number of rotatable bonds is 3. The Bertz CT molecular complexity index is 714. The Morgan fingerprint density at radius 2 is 1.96 bits per heavy atom. The van der Waals surface area contributed by atoms with Crippen LogP contribution in [0.4, 0.5) is 0 Å². The van der Waals surface area contributed by atoms with Crippen LogP contribution >= 0.6 is 0 Å². The van der Waals surface area contributed by atoms with Gasteiger partial charge in [-0.3, -0.25) is 4.79 Å². The number of imidazole rings is 1. The first-order chi connectivity index (χ1) is 11.3. The van der Waals surface area contributed by atoms with Gasteiger partial charge in [-0.25, -0.2) is 4.98 Å². The van der Waals surface area contributed by atoms with Gasteiger partial charge in [0.15, 0.2) is 0 Å². The number of nitrogens with zero attached hydrogens (tertiary/aromatic N) is 3. The first kappa shape index (κ1) is 14.7. The van der Waals surface area contributed by atoms with Crippen LogP contribution < -0.4 is 0 Å². The lowest BCUT2D eigenvalue weighted by Gasteiger charge is -2.31. The van der Waals surface area contributed by atoms with Crippen LogP contribution in [0.15, 0.2) is 24.3 Å². The van der Waals surface area contributed by atoms with Gasteiger partial charge in [0.2, 0.25) is 5.91 Å². The van der Waals surface area contributed by atoms with Crippen molar-refractivity contribution in [3.63, 3.8) is 0 Å². The van der Waals surface area contributed by atoms with Crippen molar-refractivity contribution in [1.29, 1.82) is 0 Å². The summed E-state index contributed by atoms with van der Waals surface area (Å²) in [6.07, 6.45) is 6.86. The summed E-state index contributed by atoms with van der Waals surface area (Å²) in [5.74, 6) is 1.67. The normalized spacial score (nSPS) is 23.1. The first-order valence-electron chi connectivity index (χ1n) is 9.02. The quantitative estimate of drug-likeness (QED) is 0.867. The summed E-state index contributed by atoms with van der Waals surface area (Å²) in [5.41, 5.74) is 2.24. The maximum absolute atomic E-state index is 12.6. The van der Waals surface area contributed by atoms with Gasteiger partial charge in [-0.2, -0.15) is 0 Å². The second-order valence-electron chi connectivity index (χ2n) is 6.94. The van der Waals surface area contributed by atoms with E-state index in [2.05, 4.69) is 34.6 Å². The Hall–Kier alpha value is -1.84. The molecule has 2 aromatic rings. The zero-order valence-electron chi connectivity index (χ0n) is 13.9. The predicted molar refractivity (Wildman–Crippen MR) is 91.4 cm³/mol. The van der Waals surface area contributed by atoms with Crippen LogP contribution in [0.25, 0.3) is 11.0 Å². The molecule has 23 heavy (non-hydrogen) atoms. The van der Waals surface area contributed by atoms with E-state index in [-0.39, 0.29) is 5.92 Å². The molecular weight excluding hydrogens is 286 g/mol. The molecule has 1 aromatic carbocycles. The van der Waals surface area contributed by atoms with Crippen LogP contribution in [0.5, 0.6) is 0 Å². The van der Waals surface area contributed by atoms with Gasteiger partial charge < -0.3 is 9.47 Å². The lowest BCUT2D eigenvalue weighted by molar-refractivity contribution is -0.130. The summed E-state index contributed by atoms with van der Waals surface area (Å²) < 4.78 is 2.29. The van der Waals surface area contributed by atoms with E-state index in [1.807, 2.05) is 6.07 Å². The SMILES string of the molecule is CCn1c(C2CC(=O)N(C3CCCCC3)C2)nc2ccccc21. The standard InChI is InChI=1S/C19H25N3O/c1-2-21-17-11-7-6-10-16(17)20-19(21)14-12-18(23)22(13-14)15-8-4-3-5-9-15/h6-7,10-11,14-15H,2-5,8-9,12-13H2,1H3.